The topological polar surface area (TPSA) is 83.1 Å². The van der Waals surface area contributed by atoms with Crippen molar-refractivity contribution in [1.82, 2.24) is 9.97 Å². The number of carbonyl (C=O) groups excluding carboxylic acids is 3. The third-order valence-corrected chi connectivity index (χ3v) is 6.11. The van der Waals surface area contributed by atoms with Crippen LogP contribution < -0.4 is 4.90 Å². The Labute approximate surface area is 167 Å². The number of benzene rings is 2. The standard InChI is InChI=1S/C23H21N3O3/c27-18-8-5-15(6-9-18)14-1-3-16(4-2-14)23-21(28)12-22(29)26(23)17-7-10-19-20(11-17)25-13-24-19/h1-4,7,10-11,13,15,23H,5-6,8-9,12H2,(H,24,25). The van der Waals surface area contributed by atoms with E-state index in [0.717, 1.165) is 29.4 Å². The van der Waals surface area contributed by atoms with Crippen molar-refractivity contribution in [2.45, 2.75) is 44.1 Å². The number of anilines is 1. The predicted molar refractivity (Wildman–Crippen MR) is 109 cm³/mol. The number of amides is 1. The second-order valence-corrected chi connectivity index (χ2v) is 7.89. The van der Waals surface area contributed by atoms with Crippen molar-refractivity contribution in [1.29, 1.82) is 0 Å². The summed E-state index contributed by atoms with van der Waals surface area (Å²) in [6, 6.07) is 12.9. The van der Waals surface area contributed by atoms with Crippen molar-refractivity contribution in [3.05, 3.63) is 59.9 Å². The molecule has 1 aromatic heterocycles. The van der Waals surface area contributed by atoms with Crippen molar-refractivity contribution in [3.63, 3.8) is 0 Å². The Hall–Kier alpha value is -3.28. The van der Waals surface area contributed by atoms with Crippen molar-refractivity contribution in [3.8, 4) is 0 Å². The van der Waals surface area contributed by atoms with E-state index in [2.05, 4.69) is 9.97 Å². The molecule has 2 aromatic carbocycles. The van der Waals surface area contributed by atoms with Crippen molar-refractivity contribution < 1.29 is 14.4 Å². The summed E-state index contributed by atoms with van der Waals surface area (Å²) in [5, 5.41) is 0. The van der Waals surface area contributed by atoms with Gasteiger partial charge in [-0.1, -0.05) is 24.3 Å². The van der Waals surface area contributed by atoms with Crippen LogP contribution in [0.1, 0.15) is 55.2 Å². The number of nitrogens with zero attached hydrogens (tertiary/aromatic N) is 2. The summed E-state index contributed by atoms with van der Waals surface area (Å²) in [4.78, 5) is 45.7. The lowest BCUT2D eigenvalue weighted by Gasteiger charge is -2.25. The highest BCUT2D eigenvalue weighted by molar-refractivity contribution is 6.17. The van der Waals surface area contributed by atoms with Crippen molar-refractivity contribution in [2.75, 3.05) is 4.90 Å². The fourth-order valence-corrected chi connectivity index (χ4v) is 4.54. The average Bonchev–Trinajstić information content (AvgIpc) is 3.31. The van der Waals surface area contributed by atoms with Gasteiger partial charge >= 0.3 is 0 Å². The molecule has 1 saturated heterocycles. The highest BCUT2D eigenvalue weighted by Gasteiger charge is 2.40. The molecule has 5 rings (SSSR count). The van der Waals surface area contributed by atoms with Crippen LogP contribution in [0.2, 0.25) is 0 Å². The van der Waals surface area contributed by atoms with Gasteiger partial charge in [0.2, 0.25) is 5.91 Å². The van der Waals surface area contributed by atoms with Crippen molar-refractivity contribution in [2.24, 2.45) is 0 Å². The molecule has 2 aliphatic rings. The summed E-state index contributed by atoms with van der Waals surface area (Å²) >= 11 is 0. The number of fused-ring (bicyclic) bond motifs is 1. The fraction of sp³-hybridized carbons (Fsp3) is 0.304. The number of ketones is 2. The predicted octanol–water partition coefficient (Wildman–Crippen LogP) is 3.84. The molecule has 0 bridgehead atoms. The minimum Gasteiger partial charge on any atom is -0.345 e. The molecule has 1 aliphatic carbocycles. The fourth-order valence-electron chi connectivity index (χ4n) is 4.54. The maximum Gasteiger partial charge on any atom is 0.235 e. The minimum atomic E-state index is -0.607. The Morgan fingerprint density at radius 2 is 1.66 bits per heavy atom. The summed E-state index contributed by atoms with van der Waals surface area (Å²) in [7, 11) is 0. The van der Waals surface area contributed by atoms with E-state index in [0.29, 0.717) is 30.2 Å². The lowest BCUT2D eigenvalue weighted by Crippen LogP contribution is -2.28. The third-order valence-electron chi connectivity index (χ3n) is 6.11. The first-order valence-electron chi connectivity index (χ1n) is 9.99. The second kappa shape index (κ2) is 6.95. The molecule has 1 atom stereocenters. The summed E-state index contributed by atoms with van der Waals surface area (Å²) < 4.78 is 0. The summed E-state index contributed by atoms with van der Waals surface area (Å²) in [6.07, 6.45) is 4.58. The number of hydrogen-bond acceptors (Lipinski definition) is 4. The van der Waals surface area contributed by atoms with Gasteiger partial charge in [-0.05, 0) is 48.1 Å². The molecule has 1 N–H and O–H groups in total. The van der Waals surface area contributed by atoms with E-state index < -0.39 is 6.04 Å². The number of aromatic nitrogens is 2. The van der Waals surface area contributed by atoms with Gasteiger partial charge in [-0.2, -0.15) is 0 Å². The maximum atomic E-state index is 12.7. The van der Waals surface area contributed by atoms with Crippen LogP contribution in [0.5, 0.6) is 0 Å². The van der Waals surface area contributed by atoms with Gasteiger partial charge in [-0.3, -0.25) is 19.3 Å². The molecule has 6 heteroatoms. The Bertz CT molecular complexity index is 1110. The molecule has 2 heterocycles. The van der Waals surface area contributed by atoms with Gasteiger partial charge < -0.3 is 4.98 Å². The summed E-state index contributed by atoms with van der Waals surface area (Å²) in [6.45, 7) is 0. The Kier molecular flexibility index (Phi) is 4.27. The second-order valence-electron chi connectivity index (χ2n) is 7.89. The van der Waals surface area contributed by atoms with Gasteiger partial charge in [-0.15, -0.1) is 0 Å². The zero-order valence-electron chi connectivity index (χ0n) is 15.9. The molecular formula is C23H21N3O3. The average molecular weight is 387 g/mol. The Morgan fingerprint density at radius 1 is 0.931 bits per heavy atom. The quantitative estimate of drug-likeness (QED) is 0.692. The van der Waals surface area contributed by atoms with Gasteiger partial charge in [0.1, 0.15) is 11.8 Å². The zero-order valence-corrected chi connectivity index (χ0v) is 15.9. The number of Topliss-reactive ketones (excluding diaryl/α,β-unsaturated/α-hetero) is 2. The number of H-pyrrole nitrogens is 1. The molecule has 1 saturated carbocycles. The van der Waals surface area contributed by atoms with E-state index in [1.807, 2.05) is 42.5 Å². The normalized spacial score (nSPS) is 20.8. The molecule has 0 radical (unpaired) electrons. The molecule has 1 unspecified atom stereocenters. The molecule has 1 aliphatic heterocycles. The highest BCUT2D eigenvalue weighted by atomic mass is 16.2. The summed E-state index contributed by atoms with van der Waals surface area (Å²) in [5.41, 5.74) is 4.36. The molecule has 2 fully saturated rings. The van der Waals surface area contributed by atoms with Gasteiger partial charge in [0.15, 0.2) is 5.78 Å². The number of rotatable bonds is 3. The van der Waals surface area contributed by atoms with Crippen LogP contribution in [0.3, 0.4) is 0 Å². The molecular weight excluding hydrogens is 366 g/mol. The SMILES string of the molecule is O=C1CCC(c2ccc(C3C(=O)CC(=O)N3c3ccc4nc[nH]c4c3)cc2)CC1. The van der Waals surface area contributed by atoms with E-state index >= 15 is 0 Å². The highest BCUT2D eigenvalue weighted by Crippen LogP contribution is 2.37. The minimum absolute atomic E-state index is 0.0852. The number of nitrogens with one attached hydrogen (secondary N) is 1. The first-order valence-corrected chi connectivity index (χ1v) is 9.99. The van der Waals surface area contributed by atoms with E-state index in [4.69, 9.17) is 0 Å². The van der Waals surface area contributed by atoms with E-state index in [1.165, 1.54) is 5.56 Å². The lowest BCUT2D eigenvalue weighted by molar-refractivity contribution is -0.122. The van der Waals surface area contributed by atoms with Crippen LogP contribution >= 0.6 is 0 Å². The molecule has 6 nitrogen and oxygen atoms in total. The van der Waals surface area contributed by atoms with Gasteiger partial charge in [-0.25, -0.2) is 4.98 Å². The van der Waals surface area contributed by atoms with E-state index in [1.54, 1.807) is 11.2 Å². The van der Waals surface area contributed by atoms with Gasteiger partial charge in [0, 0.05) is 18.5 Å². The van der Waals surface area contributed by atoms with Crippen LogP contribution in [-0.4, -0.2) is 27.4 Å². The Balaban J connectivity index is 1.45. The molecule has 3 aromatic rings. The van der Waals surface area contributed by atoms with Crippen LogP contribution in [-0.2, 0) is 14.4 Å². The van der Waals surface area contributed by atoms with Gasteiger partial charge in [0.25, 0.3) is 0 Å². The third kappa shape index (κ3) is 3.14. The molecule has 1 amide bonds. The molecule has 146 valence electrons. The van der Waals surface area contributed by atoms with Crippen LogP contribution in [0, 0.1) is 0 Å². The maximum absolute atomic E-state index is 12.7. The van der Waals surface area contributed by atoms with Gasteiger partial charge in [0.05, 0.1) is 23.8 Å². The Morgan fingerprint density at radius 3 is 2.41 bits per heavy atom. The van der Waals surface area contributed by atoms with Crippen molar-refractivity contribution >= 4 is 34.2 Å². The monoisotopic (exact) mass is 387 g/mol. The number of hydrogen-bond donors (Lipinski definition) is 1. The smallest absolute Gasteiger partial charge is 0.235 e. The van der Waals surface area contributed by atoms with Crippen LogP contribution in [0.15, 0.2) is 48.8 Å². The van der Waals surface area contributed by atoms with E-state index in [9.17, 15) is 14.4 Å². The van der Waals surface area contributed by atoms with E-state index in [-0.39, 0.29) is 18.1 Å². The first-order chi connectivity index (χ1) is 14.1. The largest absolute Gasteiger partial charge is 0.345 e. The number of aromatic amines is 1. The molecule has 0 spiro atoms. The number of carbonyl (C=O) groups is 3. The van der Waals surface area contributed by atoms with Crippen LogP contribution in [0.4, 0.5) is 5.69 Å². The zero-order chi connectivity index (χ0) is 20.0. The molecule has 29 heavy (non-hydrogen) atoms. The van der Waals surface area contributed by atoms with Crippen LogP contribution in [0.25, 0.3) is 11.0 Å². The summed E-state index contributed by atoms with van der Waals surface area (Å²) in [5.74, 6) is 0.462. The lowest BCUT2D eigenvalue weighted by atomic mass is 9.83. The number of imidazole rings is 1. The first kappa shape index (κ1) is 17.8.